The largest absolute Gasteiger partial charge is 0.497 e. The van der Waals surface area contributed by atoms with Gasteiger partial charge in [-0.1, -0.05) is 72.9 Å². The highest BCUT2D eigenvalue weighted by atomic mass is 28.3. The number of nitro benzene ring substituents is 1. The summed E-state index contributed by atoms with van der Waals surface area (Å²) >= 11 is 0. The molecule has 14 heteroatoms. The Hall–Kier alpha value is -4.92. The third-order valence-electron chi connectivity index (χ3n) is 11.2. The van der Waals surface area contributed by atoms with E-state index in [1.807, 2.05) is 55.6 Å². The van der Waals surface area contributed by atoms with Gasteiger partial charge in [-0.3, -0.25) is 24.4 Å². The van der Waals surface area contributed by atoms with Crippen molar-refractivity contribution in [3.05, 3.63) is 106 Å². The number of fused-ring (bicyclic) bond motifs is 2. The van der Waals surface area contributed by atoms with Crippen LogP contribution >= 0.6 is 0 Å². The normalized spacial score (nSPS) is 21.5. The number of nitro groups is 1. The number of aromatic nitrogens is 3. The van der Waals surface area contributed by atoms with Crippen molar-refractivity contribution in [1.82, 2.24) is 15.0 Å². The van der Waals surface area contributed by atoms with E-state index in [1.54, 1.807) is 22.8 Å². The summed E-state index contributed by atoms with van der Waals surface area (Å²) in [7, 11) is 0.504. The van der Waals surface area contributed by atoms with Crippen LogP contribution in [0.25, 0.3) is 0 Å². The second-order valence-corrected chi connectivity index (χ2v) is 19.1. The highest BCUT2D eigenvalue weighted by Crippen LogP contribution is 2.60. The molecule has 0 radical (unpaired) electrons. The third-order valence-corrected chi connectivity index (χ3v) is 15.6. The molecule has 2 aliphatic heterocycles. The van der Waals surface area contributed by atoms with E-state index in [0.29, 0.717) is 49.3 Å². The van der Waals surface area contributed by atoms with E-state index < -0.39 is 24.7 Å². The standard InChI is InChI=1S/C39H47N5O8Si/c1-26-37(53(4,5)30-17-15-29(50-2)16-18-30)35(20-22-42-24-33(40-41-42)31(25-45)27-11-7-6-8-12-27)52-39(26)32-23-28(44(48)49)14-19-34(32)43(38(39)47)21-10-9-13-36(46)51-3/h6-8,11-12,14-19,23-24,26,31,35,37,45H,9-10,13,20-22,25H2,1-5H3/t26-,31?,35+,37-,39+/m0/s1. The molecular formula is C39H47N5O8Si. The molecule has 4 aromatic rings. The van der Waals surface area contributed by atoms with Crippen LogP contribution in [0.15, 0.2) is 79.0 Å². The number of methoxy groups -OCH3 is 2. The van der Waals surface area contributed by atoms with Gasteiger partial charge >= 0.3 is 5.97 Å². The summed E-state index contributed by atoms with van der Waals surface area (Å²) in [5.74, 6) is -0.501. The Kier molecular flexibility index (Phi) is 11.1. The van der Waals surface area contributed by atoms with Gasteiger partial charge in [-0.2, -0.15) is 0 Å². The molecule has 6 rings (SSSR count). The molecule has 13 nitrogen and oxygen atoms in total. The molecule has 3 aromatic carbocycles. The molecule has 1 spiro atoms. The fourth-order valence-corrected chi connectivity index (χ4v) is 12.5. The van der Waals surface area contributed by atoms with Crippen molar-refractivity contribution in [2.24, 2.45) is 5.92 Å². The van der Waals surface area contributed by atoms with E-state index >= 15 is 0 Å². The molecule has 1 aromatic heterocycles. The topological polar surface area (TPSA) is 159 Å². The fourth-order valence-electron chi connectivity index (χ4n) is 8.45. The van der Waals surface area contributed by atoms with Gasteiger partial charge in [-0.15, -0.1) is 5.10 Å². The van der Waals surface area contributed by atoms with E-state index in [1.165, 1.54) is 24.4 Å². The molecule has 1 N–H and O–H groups in total. The molecule has 5 atom stereocenters. The Morgan fingerprint density at radius 1 is 1.08 bits per heavy atom. The molecule has 2 aliphatic rings. The van der Waals surface area contributed by atoms with Crippen LogP contribution in [-0.4, -0.2) is 78.4 Å². The summed E-state index contributed by atoms with van der Waals surface area (Å²) < 4.78 is 19.1. The number of non-ortho nitro benzene ring substituents is 1. The smallest absolute Gasteiger partial charge is 0.305 e. The quantitative estimate of drug-likeness (QED) is 0.0556. The van der Waals surface area contributed by atoms with E-state index in [4.69, 9.17) is 14.2 Å². The molecule has 1 saturated heterocycles. The maximum Gasteiger partial charge on any atom is 0.305 e. The zero-order chi connectivity index (χ0) is 37.9. The van der Waals surface area contributed by atoms with Crippen LogP contribution in [0.3, 0.4) is 0 Å². The number of esters is 1. The van der Waals surface area contributed by atoms with Gasteiger partial charge in [0.2, 0.25) is 0 Å². The van der Waals surface area contributed by atoms with E-state index in [2.05, 4.69) is 35.5 Å². The number of aliphatic hydroxyl groups is 1. The van der Waals surface area contributed by atoms with Gasteiger partial charge in [-0.25, -0.2) is 0 Å². The summed E-state index contributed by atoms with van der Waals surface area (Å²) in [6.45, 7) is 7.24. The van der Waals surface area contributed by atoms with Crippen molar-refractivity contribution in [2.75, 3.05) is 32.3 Å². The number of carbonyl (C=O) groups is 2. The van der Waals surface area contributed by atoms with Crippen LogP contribution < -0.4 is 14.8 Å². The minimum atomic E-state index is -2.47. The van der Waals surface area contributed by atoms with Gasteiger partial charge in [0.05, 0.1) is 57.2 Å². The Morgan fingerprint density at radius 2 is 1.81 bits per heavy atom. The van der Waals surface area contributed by atoms with Crippen molar-refractivity contribution in [3.8, 4) is 5.75 Å². The first-order chi connectivity index (χ1) is 25.5. The van der Waals surface area contributed by atoms with Crippen molar-refractivity contribution < 1.29 is 33.8 Å². The predicted molar refractivity (Wildman–Crippen MR) is 201 cm³/mol. The highest BCUT2D eigenvalue weighted by Gasteiger charge is 2.66. The van der Waals surface area contributed by atoms with Gasteiger partial charge < -0.3 is 24.2 Å². The number of ether oxygens (including phenoxy) is 3. The lowest BCUT2D eigenvalue weighted by atomic mass is 9.82. The van der Waals surface area contributed by atoms with Crippen molar-refractivity contribution in [3.63, 3.8) is 0 Å². The number of aryl methyl sites for hydroxylation is 1. The fraction of sp³-hybridized carbons (Fsp3) is 0.436. The van der Waals surface area contributed by atoms with Gasteiger partial charge in [0, 0.05) is 49.3 Å². The number of aliphatic hydroxyl groups excluding tert-OH is 1. The van der Waals surface area contributed by atoms with Crippen molar-refractivity contribution in [1.29, 1.82) is 0 Å². The number of anilines is 1. The minimum absolute atomic E-state index is 0.0938. The van der Waals surface area contributed by atoms with E-state index in [-0.39, 0.29) is 48.0 Å². The van der Waals surface area contributed by atoms with Crippen LogP contribution in [0.5, 0.6) is 5.75 Å². The first-order valence-electron chi connectivity index (χ1n) is 18.0. The van der Waals surface area contributed by atoms with Crippen LogP contribution in [0.4, 0.5) is 11.4 Å². The second-order valence-electron chi connectivity index (χ2n) is 14.4. The van der Waals surface area contributed by atoms with Crippen molar-refractivity contribution >= 4 is 36.5 Å². The SMILES string of the molecule is COC(=O)CCCCN1C(=O)[C@]2(O[C@H](CCn3cc(C(CO)c4ccccc4)nn3)[C@@H]([Si](C)(C)c3ccc(OC)cc3)[C@@H]2C)c2cc([N+](=O)[O-])ccc21. The molecule has 53 heavy (non-hydrogen) atoms. The maximum atomic E-state index is 14.9. The van der Waals surface area contributed by atoms with E-state index in [0.717, 1.165) is 11.3 Å². The van der Waals surface area contributed by atoms with Gasteiger partial charge in [-0.05, 0) is 48.6 Å². The lowest BCUT2D eigenvalue weighted by Crippen LogP contribution is -2.52. The molecule has 1 amide bonds. The lowest BCUT2D eigenvalue weighted by Gasteiger charge is -2.37. The number of nitrogens with zero attached hydrogens (tertiary/aromatic N) is 5. The molecule has 0 aliphatic carbocycles. The summed E-state index contributed by atoms with van der Waals surface area (Å²) in [5.41, 5.74) is 1.01. The lowest BCUT2D eigenvalue weighted by molar-refractivity contribution is -0.385. The van der Waals surface area contributed by atoms with Gasteiger partial charge in [0.15, 0.2) is 5.60 Å². The molecule has 0 bridgehead atoms. The molecular weight excluding hydrogens is 695 g/mol. The Balaban J connectivity index is 1.37. The third kappa shape index (κ3) is 7.10. The Labute approximate surface area is 310 Å². The van der Waals surface area contributed by atoms with E-state index in [9.17, 15) is 24.8 Å². The second kappa shape index (κ2) is 15.6. The van der Waals surface area contributed by atoms with Crippen LogP contribution in [0.2, 0.25) is 18.6 Å². The number of amides is 1. The molecule has 280 valence electrons. The summed E-state index contributed by atoms with van der Waals surface area (Å²) in [5, 5.41) is 32.3. The zero-order valence-electron chi connectivity index (χ0n) is 30.8. The van der Waals surface area contributed by atoms with Gasteiger partial charge in [0.1, 0.15) is 5.75 Å². The number of unbranched alkanes of at least 4 members (excludes halogenated alkanes) is 1. The number of hydrogen-bond acceptors (Lipinski definition) is 10. The summed E-state index contributed by atoms with van der Waals surface area (Å²) in [4.78, 5) is 40.0. The molecule has 0 saturated carbocycles. The number of carbonyl (C=O) groups excluding carboxylic acids is 2. The molecule has 3 heterocycles. The Bertz CT molecular complexity index is 1940. The molecule has 1 fully saturated rings. The number of hydrogen-bond donors (Lipinski definition) is 1. The highest BCUT2D eigenvalue weighted by molar-refractivity contribution is 6.91. The average molecular weight is 742 g/mol. The minimum Gasteiger partial charge on any atom is -0.497 e. The van der Waals surface area contributed by atoms with Crippen LogP contribution in [-0.2, 0) is 31.2 Å². The zero-order valence-corrected chi connectivity index (χ0v) is 31.8. The van der Waals surface area contributed by atoms with Crippen LogP contribution in [0, 0.1) is 16.0 Å². The van der Waals surface area contributed by atoms with Gasteiger partial charge in [0.25, 0.3) is 11.6 Å². The van der Waals surface area contributed by atoms with Crippen LogP contribution in [0.1, 0.15) is 55.3 Å². The summed E-state index contributed by atoms with van der Waals surface area (Å²) in [6.07, 6.45) is 3.21. The number of benzene rings is 3. The maximum absolute atomic E-state index is 14.9. The number of rotatable bonds is 15. The predicted octanol–water partition coefficient (Wildman–Crippen LogP) is 5.32. The first-order valence-corrected chi connectivity index (χ1v) is 21.1. The summed E-state index contributed by atoms with van der Waals surface area (Å²) in [6, 6.07) is 22.3. The monoisotopic (exact) mass is 741 g/mol. The molecule has 1 unspecified atom stereocenters. The first kappa shape index (κ1) is 37.8. The average Bonchev–Trinajstić information content (AvgIpc) is 3.82. The Morgan fingerprint density at radius 3 is 2.47 bits per heavy atom. The van der Waals surface area contributed by atoms with Crippen molar-refractivity contribution in [2.45, 2.75) is 75.4 Å².